The summed E-state index contributed by atoms with van der Waals surface area (Å²) < 4.78 is 21.4. The monoisotopic (exact) mass is 577 g/mol. The third kappa shape index (κ3) is 5.01. The van der Waals surface area contributed by atoms with Crippen LogP contribution in [-0.4, -0.2) is 37.6 Å². The maximum absolute atomic E-state index is 13.4. The average Bonchev–Trinajstić information content (AvgIpc) is 3.73. The maximum Gasteiger partial charge on any atom is 0.291 e. The Hall–Kier alpha value is -4.96. The van der Waals surface area contributed by atoms with Crippen molar-refractivity contribution in [3.8, 4) is 34.2 Å². The van der Waals surface area contributed by atoms with Gasteiger partial charge in [-0.2, -0.15) is 14.6 Å². The fourth-order valence-corrected chi connectivity index (χ4v) is 5.65. The predicted molar refractivity (Wildman–Crippen MR) is 161 cm³/mol. The zero-order valence-corrected chi connectivity index (χ0v) is 23.7. The smallest absolute Gasteiger partial charge is 0.291 e. The van der Waals surface area contributed by atoms with Gasteiger partial charge in [-0.1, -0.05) is 55.0 Å². The summed E-state index contributed by atoms with van der Waals surface area (Å²) in [5, 5.41) is 9.38. The van der Waals surface area contributed by atoms with E-state index in [0.717, 1.165) is 41.1 Å². The van der Waals surface area contributed by atoms with Crippen LogP contribution in [-0.2, 0) is 0 Å². The van der Waals surface area contributed by atoms with E-state index in [1.807, 2.05) is 95.8 Å². The molecule has 42 heavy (non-hydrogen) atoms. The Morgan fingerprint density at radius 3 is 2.57 bits per heavy atom. The lowest BCUT2D eigenvalue weighted by molar-refractivity contribution is 0.0852. The summed E-state index contributed by atoms with van der Waals surface area (Å²) in [5.74, 6) is 2.55. The molecule has 1 atom stereocenters. The standard InChI is InChI=1S/C32H27N5O4S/c1-2-3-17-39-24-15-13-21(14-16-24)29-22(19-36(34-29)23-9-5-4-6-10-23)18-28-31(38)37-32(42-28)33-30(35-37)27-20-40-25-11-7-8-12-26(25)41-27/h4-16,18-19,27H,2-3,17,20H2,1H3/b28-18-. The van der Waals surface area contributed by atoms with E-state index < -0.39 is 6.10 Å². The molecule has 0 amide bonds. The number of para-hydroxylation sites is 3. The molecule has 0 bridgehead atoms. The van der Waals surface area contributed by atoms with Gasteiger partial charge in [0.25, 0.3) is 5.56 Å². The molecule has 0 radical (unpaired) electrons. The number of rotatable bonds is 8. The van der Waals surface area contributed by atoms with Gasteiger partial charge in [0.1, 0.15) is 18.1 Å². The Bertz CT molecular complexity index is 1960. The first-order valence-electron chi connectivity index (χ1n) is 13.8. The fourth-order valence-electron chi connectivity index (χ4n) is 4.75. The molecule has 10 heteroatoms. The molecule has 9 nitrogen and oxygen atoms in total. The number of benzene rings is 3. The second kappa shape index (κ2) is 11.1. The van der Waals surface area contributed by atoms with Crippen LogP contribution in [0.15, 0.2) is 89.9 Å². The highest BCUT2D eigenvalue weighted by atomic mass is 32.1. The van der Waals surface area contributed by atoms with E-state index in [1.165, 1.54) is 15.9 Å². The normalized spacial score (nSPS) is 14.9. The molecular formula is C32H27N5O4S. The van der Waals surface area contributed by atoms with Crippen molar-refractivity contribution in [1.29, 1.82) is 0 Å². The van der Waals surface area contributed by atoms with Gasteiger partial charge in [-0.15, -0.1) is 5.10 Å². The molecule has 1 aliphatic rings. The number of nitrogens with zero attached hydrogens (tertiary/aromatic N) is 5. The topological polar surface area (TPSA) is 92.8 Å². The summed E-state index contributed by atoms with van der Waals surface area (Å²) in [6.45, 7) is 3.10. The molecule has 0 saturated carbocycles. The third-order valence-corrected chi connectivity index (χ3v) is 7.90. The van der Waals surface area contributed by atoms with Crippen molar-refractivity contribution in [2.75, 3.05) is 13.2 Å². The van der Waals surface area contributed by atoms with E-state index in [2.05, 4.69) is 17.0 Å². The van der Waals surface area contributed by atoms with E-state index in [1.54, 1.807) is 0 Å². The lowest BCUT2D eigenvalue weighted by Gasteiger charge is -2.24. The average molecular weight is 578 g/mol. The van der Waals surface area contributed by atoms with Crippen LogP contribution in [0.1, 0.15) is 37.3 Å². The molecule has 1 unspecified atom stereocenters. The van der Waals surface area contributed by atoms with Crippen LogP contribution in [0.4, 0.5) is 0 Å². The van der Waals surface area contributed by atoms with Gasteiger partial charge in [0.15, 0.2) is 23.4 Å². The molecular weight excluding hydrogens is 550 g/mol. The molecule has 6 aromatic rings. The van der Waals surface area contributed by atoms with E-state index in [0.29, 0.717) is 33.4 Å². The van der Waals surface area contributed by atoms with Gasteiger partial charge in [0.2, 0.25) is 4.96 Å². The second-order valence-electron chi connectivity index (χ2n) is 9.88. The Morgan fingerprint density at radius 1 is 1.00 bits per heavy atom. The molecule has 210 valence electrons. The van der Waals surface area contributed by atoms with Gasteiger partial charge in [-0.25, -0.2) is 4.68 Å². The molecule has 0 fully saturated rings. The van der Waals surface area contributed by atoms with Gasteiger partial charge in [0.05, 0.1) is 16.8 Å². The number of hydrogen-bond acceptors (Lipinski definition) is 8. The molecule has 3 aromatic heterocycles. The Morgan fingerprint density at radius 2 is 1.79 bits per heavy atom. The fraction of sp³-hybridized carbons (Fsp3) is 0.188. The highest BCUT2D eigenvalue weighted by Gasteiger charge is 2.27. The van der Waals surface area contributed by atoms with Crippen molar-refractivity contribution in [2.24, 2.45) is 0 Å². The van der Waals surface area contributed by atoms with Gasteiger partial charge >= 0.3 is 0 Å². The molecule has 0 aliphatic carbocycles. The summed E-state index contributed by atoms with van der Waals surface area (Å²) in [7, 11) is 0. The largest absolute Gasteiger partial charge is 0.494 e. The van der Waals surface area contributed by atoms with Crippen molar-refractivity contribution < 1.29 is 14.2 Å². The number of aromatic nitrogens is 5. The van der Waals surface area contributed by atoms with Crippen LogP contribution in [0.25, 0.3) is 28.0 Å². The number of ether oxygens (including phenoxy) is 3. The van der Waals surface area contributed by atoms with Crippen LogP contribution in [0.3, 0.4) is 0 Å². The Kier molecular flexibility index (Phi) is 6.89. The Labute approximate surface area is 245 Å². The first-order chi connectivity index (χ1) is 20.7. The van der Waals surface area contributed by atoms with Gasteiger partial charge < -0.3 is 14.2 Å². The van der Waals surface area contributed by atoms with Crippen molar-refractivity contribution in [1.82, 2.24) is 24.4 Å². The lowest BCUT2D eigenvalue weighted by atomic mass is 10.1. The van der Waals surface area contributed by atoms with Crippen molar-refractivity contribution in [3.05, 3.63) is 111 Å². The van der Waals surface area contributed by atoms with Crippen LogP contribution in [0, 0.1) is 0 Å². The minimum absolute atomic E-state index is 0.246. The highest BCUT2D eigenvalue weighted by molar-refractivity contribution is 7.15. The highest BCUT2D eigenvalue weighted by Crippen LogP contribution is 2.35. The minimum Gasteiger partial charge on any atom is -0.494 e. The number of unbranched alkanes of at least 4 members (excludes halogenated alkanes) is 1. The lowest BCUT2D eigenvalue weighted by Crippen LogP contribution is -2.26. The van der Waals surface area contributed by atoms with Gasteiger partial charge in [0, 0.05) is 17.3 Å². The van der Waals surface area contributed by atoms with E-state index in [9.17, 15) is 4.79 Å². The minimum atomic E-state index is -0.497. The predicted octanol–water partition coefficient (Wildman–Crippen LogP) is 5.24. The summed E-state index contributed by atoms with van der Waals surface area (Å²) in [6.07, 6.45) is 5.38. The quantitative estimate of drug-likeness (QED) is 0.228. The number of thiazole rings is 1. The SMILES string of the molecule is CCCCOc1ccc(-c2nn(-c3ccccc3)cc2/C=c2\sc3nc(C4COc5ccccc5O4)nn3c2=O)cc1. The first kappa shape index (κ1) is 26.0. The number of fused-ring (bicyclic) bond motifs is 2. The summed E-state index contributed by atoms with van der Waals surface area (Å²) in [5.41, 5.74) is 3.15. The van der Waals surface area contributed by atoms with E-state index in [4.69, 9.17) is 19.3 Å². The van der Waals surface area contributed by atoms with Crippen molar-refractivity contribution in [3.63, 3.8) is 0 Å². The van der Waals surface area contributed by atoms with Crippen molar-refractivity contribution in [2.45, 2.75) is 25.9 Å². The summed E-state index contributed by atoms with van der Waals surface area (Å²) in [6, 6.07) is 25.2. The van der Waals surface area contributed by atoms with Crippen LogP contribution in [0.2, 0.25) is 0 Å². The Balaban J connectivity index is 1.24. The molecule has 0 saturated heterocycles. The molecule has 7 rings (SSSR count). The van der Waals surface area contributed by atoms with Gasteiger partial charge in [-0.3, -0.25) is 4.79 Å². The zero-order chi connectivity index (χ0) is 28.5. The molecule has 1 aliphatic heterocycles. The number of hydrogen-bond donors (Lipinski definition) is 0. The van der Waals surface area contributed by atoms with Gasteiger partial charge in [-0.05, 0) is 61.0 Å². The second-order valence-corrected chi connectivity index (χ2v) is 10.9. The third-order valence-electron chi connectivity index (χ3n) is 6.94. The summed E-state index contributed by atoms with van der Waals surface area (Å²) >= 11 is 1.28. The molecule has 3 aromatic carbocycles. The van der Waals surface area contributed by atoms with E-state index >= 15 is 0 Å². The van der Waals surface area contributed by atoms with Crippen molar-refractivity contribution >= 4 is 22.4 Å². The first-order valence-corrected chi connectivity index (χ1v) is 14.7. The van der Waals surface area contributed by atoms with Crippen LogP contribution < -0.4 is 24.3 Å². The zero-order valence-electron chi connectivity index (χ0n) is 22.8. The molecule has 4 heterocycles. The van der Waals surface area contributed by atoms with Crippen LogP contribution in [0.5, 0.6) is 17.2 Å². The van der Waals surface area contributed by atoms with E-state index in [-0.39, 0.29) is 12.2 Å². The maximum atomic E-state index is 13.4. The summed E-state index contributed by atoms with van der Waals surface area (Å²) in [4.78, 5) is 18.6. The molecule has 0 N–H and O–H groups in total. The molecule has 0 spiro atoms. The van der Waals surface area contributed by atoms with Crippen LogP contribution >= 0.6 is 11.3 Å².